The van der Waals surface area contributed by atoms with Crippen LogP contribution in [0, 0.1) is 0 Å². The Bertz CT molecular complexity index is 6980. The first-order valence-corrected chi connectivity index (χ1v) is 38.8. The largest absolute Gasteiger partial charge is 0.456 e. The van der Waals surface area contributed by atoms with E-state index in [9.17, 15) is 0 Å². The Kier molecular flexibility index (Phi) is 16.5. The van der Waals surface area contributed by atoms with Crippen LogP contribution >= 0.6 is 23.1 Å². The van der Waals surface area contributed by atoms with Gasteiger partial charge in [-0.3, -0.25) is 4.99 Å². The Balaban J connectivity index is 0.000000141. The molecule has 22 rings (SSSR count). The standard InChI is InChI=1S/C49H29N5O2.C49H31N5S2/c1-4-14-30(15-5-1)43-45-44(37-22-10-11-24-39(37)56-45)51-48(50-43)34-21-12-20-33(28-34)36-23-13-25-41-42(36)38-29-35(26-27-40(38)55-41)49-53-46(31-16-6-2-7-17-31)52-47(54-49)32-18-8-3-9-19-32;1-4-13-31(14-5-1)42-45-43(38-19-10-11-22-40(38)55-45)51-46(50-42)34-25-23-30(24-26-34)35-27-28-36-37-20-12-21-39(44(37)56-41(36)29-35)49-53-47(32-15-6-2-7-16-32)52-48(54-49)33-17-8-3-9-18-33/h1-29H;1-29,43,45H. The van der Waals surface area contributed by atoms with E-state index in [0.29, 0.717) is 46.4 Å². The number of aromatic nitrogens is 8. The second-order valence-electron chi connectivity index (χ2n) is 27.6. The van der Waals surface area contributed by atoms with Gasteiger partial charge in [-0.2, -0.15) is 0 Å². The summed E-state index contributed by atoms with van der Waals surface area (Å²) in [5.41, 5.74) is 20.9. The molecule has 8 heterocycles. The van der Waals surface area contributed by atoms with Crippen LogP contribution in [-0.2, 0) is 0 Å². The molecule has 14 aromatic carbocycles. The smallest absolute Gasteiger partial charge is 0.180 e. The molecule has 526 valence electrons. The zero-order valence-electron chi connectivity index (χ0n) is 59.7. The molecule has 0 saturated carbocycles. The average Bonchev–Trinajstić information content (AvgIpc) is 1.60. The van der Waals surface area contributed by atoms with Gasteiger partial charge in [0, 0.05) is 91.3 Å². The number of hydrogen-bond acceptors (Lipinski definition) is 14. The van der Waals surface area contributed by atoms with Crippen LogP contribution in [0.5, 0.6) is 0 Å². The maximum absolute atomic E-state index is 6.46. The molecule has 0 amide bonds. The summed E-state index contributed by atoms with van der Waals surface area (Å²) in [7, 11) is 0. The fraction of sp³-hybridized carbons (Fsp3) is 0.0204. The third-order valence-corrected chi connectivity index (χ3v) is 23.2. The second-order valence-corrected chi connectivity index (χ2v) is 29.8. The van der Waals surface area contributed by atoms with Gasteiger partial charge in [-0.1, -0.05) is 291 Å². The van der Waals surface area contributed by atoms with Crippen molar-refractivity contribution in [2.75, 3.05) is 0 Å². The van der Waals surface area contributed by atoms with Crippen molar-refractivity contribution in [2.45, 2.75) is 16.2 Å². The number of fused-ring (bicyclic) bond motifs is 12. The Hall–Kier alpha value is -14.3. The van der Waals surface area contributed by atoms with E-state index in [0.717, 1.165) is 138 Å². The Labute approximate surface area is 651 Å². The van der Waals surface area contributed by atoms with E-state index in [1.54, 1.807) is 11.3 Å². The van der Waals surface area contributed by atoms with Gasteiger partial charge < -0.3 is 8.83 Å². The fourth-order valence-corrected chi connectivity index (χ4v) is 17.9. The number of aliphatic imine (C=N–C) groups is 2. The zero-order chi connectivity index (χ0) is 74.0. The normalized spacial score (nSPS) is 13.8. The van der Waals surface area contributed by atoms with Crippen LogP contribution in [0.4, 0.5) is 0 Å². The lowest BCUT2D eigenvalue weighted by Crippen LogP contribution is -2.28. The zero-order valence-corrected chi connectivity index (χ0v) is 61.4. The highest BCUT2D eigenvalue weighted by Crippen LogP contribution is 2.50. The van der Waals surface area contributed by atoms with E-state index in [1.807, 2.05) is 200 Å². The minimum atomic E-state index is 0.0336. The molecule has 0 N–H and O–H groups in total. The maximum atomic E-state index is 6.46. The number of para-hydroxylation sites is 1. The van der Waals surface area contributed by atoms with Gasteiger partial charge >= 0.3 is 0 Å². The molecule has 12 nitrogen and oxygen atoms in total. The molecule has 14 heteroatoms. The summed E-state index contributed by atoms with van der Waals surface area (Å²) in [5, 5.41) is 5.50. The second kappa shape index (κ2) is 28.0. The molecular formula is C98H60N10O2S2. The number of benzene rings is 14. The van der Waals surface area contributed by atoms with Crippen molar-refractivity contribution in [3.05, 3.63) is 369 Å². The highest BCUT2D eigenvalue weighted by Gasteiger charge is 2.40. The summed E-state index contributed by atoms with van der Waals surface area (Å²) < 4.78 is 15.2. The molecule has 2 atom stereocenters. The first-order valence-electron chi connectivity index (χ1n) is 37.1. The topological polar surface area (TPSA) is 154 Å². The third kappa shape index (κ3) is 12.2. The summed E-state index contributed by atoms with van der Waals surface area (Å²) in [6, 6.07) is 120. The van der Waals surface area contributed by atoms with Crippen LogP contribution in [0.2, 0.25) is 0 Å². The van der Waals surface area contributed by atoms with Crippen LogP contribution < -0.4 is 0 Å². The van der Waals surface area contributed by atoms with Crippen LogP contribution in [0.25, 0.3) is 177 Å². The van der Waals surface area contributed by atoms with E-state index >= 15 is 0 Å². The molecule has 0 spiro atoms. The molecule has 2 unspecified atom stereocenters. The predicted molar refractivity (Wildman–Crippen MR) is 455 cm³/mol. The van der Waals surface area contributed by atoms with Crippen molar-refractivity contribution < 1.29 is 8.83 Å². The van der Waals surface area contributed by atoms with E-state index in [1.165, 1.54) is 25.9 Å². The average molecular weight is 1470 g/mol. The molecule has 6 aromatic heterocycles. The molecule has 0 fully saturated rings. The Morgan fingerprint density at radius 1 is 0.286 bits per heavy atom. The minimum Gasteiger partial charge on any atom is -0.456 e. The molecule has 0 radical (unpaired) electrons. The number of amidine groups is 1. The van der Waals surface area contributed by atoms with Crippen molar-refractivity contribution in [1.29, 1.82) is 0 Å². The Morgan fingerprint density at radius 3 is 1.44 bits per heavy atom. The summed E-state index contributed by atoms with van der Waals surface area (Å²) in [6.45, 7) is 0. The summed E-state index contributed by atoms with van der Waals surface area (Å²) >= 11 is 3.66. The van der Waals surface area contributed by atoms with Gasteiger partial charge in [0.2, 0.25) is 0 Å². The number of hydrogen-bond donors (Lipinski definition) is 0. The third-order valence-electron chi connectivity index (χ3n) is 20.7. The molecule has 2 aliphatic heterocycles. The fourth-order valence-electron chi connectivity index (χ4n) is 15.2. The van der Waals surface area contributed by atoms with E-state index in [-0.39, 0.29) is 11.3 Å². The van der Waals surface area contributed by atoms with E-state index in [2.05, 4.69) is 164 Å². The van der Waals surface area contributed by atoms with Gasteiger partial charge in [-0.05, 0) is 94.0 Å². The molecule has 112 heavy (non-hydrogen) atoms. The van der Waals surface area contributed by atoms with Gasteiger partial charge in [0.05, 0.1) is 17.0 Å². The Morgan fingerprint density at radius 2 is 0.768 bits per heavy atom. The summed E-state index contributed by atoms with van der Waals surface area (Å²) in [4.78, 5) is 51.9. The quantitative estimate of drug-likeness (QED) is 0.115. The molecule has 2 aliphatic rings. The summed E-state index contributed by atoms with van der Waals surface area (Å²) in [6.07, 6.45) is 0. The van der Waals surface area contributed by atoms with Crippen molar-refractivity contribution >= 4 is 98.8 Å². The van der Waals surface area contributed by atoms with Gasteiger partial charge in [0.15, 0.2) is 52.2 Å². The minimum absolute atomic E-state index is 0.0336. The number of thiophene rings is 1. The molecular weight excluding hydrogens is 1410 g/mol. The van der Waals surface area contributed by atoms with E-state index < -0.39 is 0 Å². The molecule has 20 aromatic rings. The van der Waals surface area contributed by atoms with Gasteiger partial charge in [-0.15, -0.1) is 23.1 Å². The van der Waals surface area contributed by atoms with Gasteiger partial charge in [-0.25, -0.2) is 44.9 Å². The van der Waals surface area contributed by atoms with Crippen molar-refractivity contribution in [2.24, 2.45) is 9.98 Å². The maximum Gasteiger partial charge on any atom is 0.180 e. The van der Waals surface area contributed by atoms with Crippen LogP contribution in [0.3, 0.4) is 0 Å². The van der Waals surface area contributed by atoms with Crippen molar-refractivity contribution in [3.8, 4) is 113 Å². The first kappa shape index (κ1) is 65.9. The monoisotopic (exact) mass is 1470 g/mol. The molecule has 0 bridgehead atoms. The van der Waals surface area contributed by atoms with Crippen LogP contribution in [-0.4, -0.2) is 56.7 Å². The van der Waals surface area contributed by atoms with Crippen LogP contribution in [0.15, 0.2) is 376 Å². The highest BCUT2D eigenvalue weighted by atomic mass is 32.2. The van der Waals surface area contributed by atoms with Crippen LogP contribution in [0.1, 0.15) is 22.7 Å². The van der Waals surface area contributed by atoms with Crippen molar-refractivity contribution in [3.63, 3.8) is 0 Å². The SMILES string of the molecule is c1ccc(-c2nc(-c3ccccc3)nc(-c3ccc4oc5cccc(-c6cccc(-c7nc(-c8ccccc8)c8oc9ccccc9c8n7)c6)c5c4c3)n2)cc1.c1ccc(C2=NC(c3ccc(-c4ccc5c(c4)sc4c(-c6nc(-c7ccccc7)nc(-c7ccccc7)n6)cccc45)cc3)=NC3c4ccccc4SC23)cc1. The molecule has 0 aliphatic carbocycles. The lowest BCUT2D eigenvalue weighted by atomic mass is 9.95. The lowest BCUT2D eigenvalue weighted by Gasteiger charge is -2.24. The highest BCUT2D eigenvalue weighted by molar-refractivity contribution is 8.01. The van der Waals surface area contributed by atoms with Gasteiger partial charge in [0.1, 0.15) is 28.0 Å². The lowest BCUT2D eigenvalue weighted by molar-refractivity contribution is 0.667. The number of thioether (sulfide) groups is 1. The van der Waals surface area contributed by atoms with Gasteiger partial charge in [0.25, 0.3) is 0 Å². The molecule has 0 saturated heterocycles. The predicted octanol–water partition coefficient (Wildman–Crippen LogP) is 24.8. The number of furan rings is 2. The number of rotatable bonds is 12. The summed E-state index contributed by atoms with van der Waals surface area (Å²) in [5.74, 6) is 5.20. The van der Waals surface area contributed by atoms with E-state index in [4.69, 9.17) is 58.7 Å². The van der Waals surface area contributed by atoms with Crippen molar-refractivity contribution in [1.82, 2.24) is 39.9 Å². The first-order chi connectivity index (χ1) is 55.5. The number of nitrogens with zero attached hydrogens (tertiary/aromatic N) is 10.